The van der Waals surface area contributed by atoms with Gasteiger partial charge >= 0.3 is 0 Å². The zero-order chi connectivity index (χ0) is 20.2. The van der Waals surface area contributed by atoms with Crippen molar-refractivity contribution in [2.45, 2.75) is 38.0 Å². The van der Waals surface area contributed by atoms with Crippen molar-refractivity contribution in [3.63, 3.8) is 0 Å². The predicted octanol–water partition coefficient (Wildman–Crippen LogP) is 3.05. The van der Waals surface area contributed by atoms with Crippen LogP contribution in [-0.2, 0) is 15.4 Å². The van der Waals surface area contributed by atoms with Crippen LogP contribution < -0.4 is 10.1 Å². The van der Waals surface area contributed by atoms with Gasteiger partial charge in [-0.05, 0) is 54.8 Å². The standard InChI is InChI=1S/C20H25N3O3S/c1-14(15-8-12-18(13-9-15)27(25,26)21-5)22-23-19(24)16-6-10-17(11-7-16)20(2,3)4/h6-13,21H,1-5H3,(H,23,24)/b22-14-. The normalized spacial score (nSPS) is 12.7. The van der Waals surface area contributed by atoms with Crippen LogP contribution in [0.15, 0.2) is 58.5 Å². The summed E-state index contributed by atoms with van der Waals surface area (Å²) in [7, 11) is -2.12. The summed E-state index contributed by atoms with van der Waals surface area (Å²) in [6, 6.07) is 13.7. The molecule has 2 aromatic rings. The molecule has 2 rings (SSSR count). The number of benzene rings is 2. The highest BCUT2D eigenvalue weighted by molar-refractivity contribution is 7.89. The molecular weight excluding hydrogens is 362 g/mol. The molecule has 0 saturated carbocycles. The Labute approximate surface area is 160 Å². The lowest BCUT2D eigenvalue weighted by Gasteiger charge is -2.18. The minimum absolute atomic E-state index is 0.0245. The molecule has 0 saturated heterocycles. The number of nitrogens with one attached hydrogen (secondary N) is 2. The first kappa shape index (κ1) is 20.8. The molecule has 6 nitrogen and oxygen atoms in total. The van der Waals surface area contributed by atoms with Crippen molar-refractivity contribution >= 4 is 21.6 Å². The highest BCUT2D eigenvalue weighted by Crippen LogP contribution is 2.22. The smallest absolute Gasteiger partial charge is 0.267 e. The number of hydrogen-bond acceptors (Lipinski definition) is 4. The third-order valence-corrected chi connectivity index (χ3v) is 5.62. The van der Waals surface area contributed by atoms with Crippen molar-refractivity contribution in [3.05, 3.63) is 65.2 Å². The van der Waals surface area contributed by atoms with E-state index in [-0.39, 0.29) is 16.2 Å². The first-order valence-electron chi connectivity index (χ1n) is 8.54. The quantitative estimate of drug-likeness (QED) is 0.611. The van der Waals surface area contributed by atoms with Crippen LogP contribution in [0.25, 0.3) is 0 Å². The maximum atomic E-state index is 12.3. The second kappa shape index (κ2) is 8.02. The number of rotatable bonds is 5. The molecule has 7 heteroatoms. The van der Waals surface area contributed by atoms with Gasteiger partial charge in [0.15, 0.2) is 0 Å². The molecule has 0 aliphatic rings. The maximum absolute atomic E-state index is 12.3. The average molecular weight is 388 g/mol. The van der Waals surface area contributed by atoms with Gasteiger partial charge in [-0.2, -0.15) is 5.10 Å². The van der Waals surface area contributed by atoms with Crippen molar-refractivity contribution in [1.82, 2.24) is 10.1 Å². The van der Waals surface area contributed by atoms with E-state index in [4.69, 9.17) is 0 Å². The Morgan fingerprint density at radius 3 is 1.93 bits per heavy atom. The van der Waals surface area contributed by atoms with E-state index in [1.54, 1.807) is 31.2 Å². The minimum atomic E-state index is -3.48. The highest BCUT2D eigenvalue weighted by atomic mass is 32.2. The first-order valence-corrected chi connectivity index (χ1v) is 10.0. The van der Waals surface area contributed by atoms with Crippen LogP contribution in [0.4, 0.5) is 0 Å². The number of sulfonamides is 1. The van der Waals surface area contributed by atoms with E-state index >= 15 is 0 Å². The van der Waals surface area contributed by atoms with Crippen LogP contribution in [0.3, 0.4) is 0 Å². The van der Waals surface area contributed by atoms with Crippen molar-refractivity contribution in [2.75, 3.05) is 7.05 Å². The van der Waals surface area contributed by atoms with Crippen molar-refractivity contribution < 1.29 is 13.2 Å². The fourth-order valence-electron chi connectivity index (χ4n) is 2.38. The SMILES string of the molecule is CNS(=O)(=O)c1ccc(/C(C)=N\NC(=O)c2ccc(C(C)(C)C)cc2)cc1. The molecule has 0 aromatic heterocycles. The molecule has 2 aromatic carbocycles. The predicted molar refractivity (Wildman–Crippen MR) is 108 cm³/mol. The second-order valence-electron chi connectivity index (χ2n) is 7.20. The molecule has 0 heterocycles. The number of amides is 1. The third kappa shape index (κ3) is 5.24. The highest BCUT2D eigenvalue weighted by Gasteiger charge is 2.14. The van der Waals surface area contributed by atoms with Gasteiger partial charge < -0.3 is 0 Å². The van der Waals surface area contributed by atoms with Crippen LogP contribution >= 0.6 is 0 Å². The first-order chi connectivity index (χ1) is 12.5. The van der Waals surface area contributed by atoms with E-state index in [0.29, 0.717) is 16.8 Å². The molecule has 0 unspecified atom stereocenters. The lowest BCUT2D eigenvalue weighted by molar-refractivity contribution is 0.0954. The van der Waals surface area contributed by atoms with Gasteiger partial charge in [-0.25, -0.2) is 18.6 Å². The average Bonchev–Trinajstić information content (AvgIpc) is 2.65. The molecule has 0 atom stereocenters. The molecular formula is C20H25N3O3S. The Hall–Kier alpha value is -2.51. The van der Waals surface area contributed by atoms with Crippen LogP contribution in [0.1, 0.15) is 49.2 Å². The van der Waals surface area contributed by atoms with E-state index in [2.05, 4.69) is 36.0 Å². The topological polar surface area (TPSA) is 87.6 Å². The third-order valence-electron chi connectivity index (χ3n) is 4.19. The summed E-state index contributed by atoms with van der Waals surface area (Å²) < 4.78 is 25.7. The maximum Gasteiger partial charge on any atom is 0.271 e. The summed E-state index contributed by atoms with van der Waals surface area (Å²) >= 11 is 0. The van der Waals surface area contributed by atoms with Crippen LogP contribution in [0.2, 0.25) is 0 Å². The van der Waals surface area contributed by atoms with Gasteiger partial charge in [0, 0.05) is 5.56 Å². The number of hydrazone groups is 1. The second-order valence-corrected chi connectivity index (χ2v) is 9.08. The molecule has 2 N–H and O–H groups in total. The molecule has 144 valence electrons. The van der Waals surface area contributed by atoms with Crippen LogP contribution in [-0.4, -0.2) is 27.1 Å². The zero-order valence-corrected chi connectivity index (χ0v) is 17.0. The Morgan fingerprint density at radius 2 is 1.44 bits per heavy atom. The Kier molecular flexibility index (Phi) is 6.18. The molecule has 0 fully saturated rings. The molecule has 0 spiro atoms. The minimum Gasteiger partial charge on any atom is -0.267 e. The van der Waals surface area contributed by atoms with Gasteiger partial charge in [0.1, 0.15) is 0 Å². The van der Waals surface area contributed by atoms with E-state index in [1.165, 1.54) is 19.2 Å². The van der Waals surface area contributed by atoms with Gasteiger partial charge in [-0.15, -0.1) is 0 Å². The number of carbonyl (C=O) groups excluding carboxylic acids is 1. The van der Waals surface area contributed by atoms with Crippen LogP contribution in [0.5, 0.6) is 0 Å². The largest absolute Gasteiger partial charge is 0.271 e. The van der Waals surface area contributed by atoms with Gasteiger partial charge in [0.2, 0.25) is 10.0 Å². The van der Waals surface area contributed by atoms with Crippen molar-refractivity contribution in [1.29, 1.82) is 0 Å². The lowest BCUT2D eigenvalue weighted by Crippen LogP contribution is -2.20. The molecule has 0 aliphatic heterocycles. The summed E-state index contributed by atoms with van der Waals surface area (Å²) in [4.78, 5) is 12.4. The summed E-state index contributed by atoms with van der Waals surface area (Å²) in [6.07, 6.45) is 0. The monoisotopic (exact) mass is 387 g/mol. The summed E-state index contributed by atoms with van der Waals surface area (Å²) in [5.74, 6) is -0.302. The fourth-order valence-corrected chi connectivity index (χ4v) is 3.11. The lowest BCUT2D eigenvalue weighted by atomic mass is 9.87. The number of carbonyl (C=O) groups is 1. The molecule has 1 amide bonds. The molecule has 0 bridgehead atoms. The van der Waals surface area contributed by atoms with Gasteiger partial charge in [-0.3, -0.25) is 4.79 Å². The van der Waals surface area contributed by atoms with Crippen molar-refractivity contribution in [3.8, 4) is 0 Å². The van der Waals surface area contributed by atoms with Gasteiger partial charge in [0.05, 0.1) is 10.6 Å². The fraction of sp³-hybridized carbons (Fsp3) is 0.300. The van der Waals surface area contributed by atoms with Gasteiger partial charge in [0.25, 0.3) is 5.91 Å². The summed E-state index contributed by atoms with van der Waals surface area (Å²) in [5.41, 5.74) is 5.51. The van der Waals surface area contributed by atoms with Gasteiger partial charge in [-0.1, -0.05) is 45.0 Å². The van der Waals surface area contributed by atoms with E-state index in [9.17, 15) is 13.2 Å². The zero-order valence-electron chi connectivity index (χ0n) is 16.2. The number of nitrogens with zero attached hydrogens (tertiary/aromatic N) is 1. The number of hydrogen-bond donors (Lipinski definition) is 2. The Morgan fingerprint density at radius 1 is 0.926 bits per heavy atom. The molecule has 27 heavy (non-hydrogen) atoms. The van der Waals surface area contributed by atoms with E-state index < -0.39 is 10.0 Å². The Bertz CT molecular complexity index is 939. The van der Waals surface area contributed by atoms with E-state index in [1.807, 2.05) is 12.1 Å². The van der Waals surface area contributed by atoms with E-state index in [0.717, 1.165) is 5.56 Å². The summed E-state index contributed by atoms with van der Waals surface area (Å²) in [6.45, 7) is 8.08. The summed E-state index contributed by atoms with van der Waals surface area (Å²) in [5, 5.41) is 4.11. The Balaban J connectivity index is 2.09. The molecule has 0 radical (unpaired) electrons. The van der Waals surface area contributed by atoms with Crippen LogP contribution in [0, 0.1) is 0 Å². The van der Waals surface area contributed by atoms with Crippen molar-refractivity contribution in [2.24, 2.45) is 5.10 Å². The molecule has 0 aliphatic carbocycles.